The molecule has 104 valence electrons. The van der Waals surface area contributed by atoms with Gasteiger partial charge in [0.15, 0.2) is 0 Å². The van der Waals surface area contributed by atoms with Crippen LogP contribution in [0.1, 0.15) is 36.2 Å². The first-order chi connectivity index (χ1) is 9.29. The van der Waals surface area contributed by atoms with Gasteiger partial charge in [0.25, 0.3) is 5.91 Å². The summed E-state index contributed by atoms with van der Waals surface area (Å²) in [4.78, 5) is 16.0. The molecule has 0 bridgehead atoms. The lowest BCUT2D eigenvalue weighted by Gasteiger charge is -2.22. The molecule has 0 radical (unpaired) electrons. The third kappa shape index (κ3) is 4.21. The maximum absolute atomic E-state index is 11.9. The van der Waals surface area contributed by atoms with Crippen molar-refractivity contribution in [2.75, 3.05) is 25.5 Å². The number of amides is 1. The van der Waals surface area contributed by atoms with Gasteiger partial charge in [-0.3, -0.25) is 9.78 Å². The highest BCUT2D eigenvalue weighted by Crippen LogP contribution is 2.15. The van der Waals surface area contributed by atoms with Crippen LogP contribution >= 0.6 is 0 Å². The lowest BCUT2D eigenvalue weighted by Crippen LogP contribution is -2.29. The minimum atomic E-state index is -0.132. The van der Waals surface area contributed by atoms with Gasteiger partial charge in [0.1, 0.15) is 5.69 Å². The smallest absolute Gasteiger partial charge is 0.269 e. The normalized spacial score (nSPS) is 18.9. The van der Waals surface area contributed by atoms with Crippen LogP contribution in [-0.2, 0) is 4.74 Å². The van der Waals surface area contributed by atoms with Gasteiger partial charge in [0, 0.05) is 32.1 Å². The molecule has 2 N–H and O–H groups in total. The number of anilines is 1. The molecule has 1 aromatic heterocycles. The summed E-state index contributed by atoms with van der Waals surface area (Å²) in [7, 11) is 1.82. The van der Waals surface area contributed by atoms with E-state index < -0.39 is 0 Å². The minimum Gasteiger partial charge on any atom is -0.388 e. The summed E-state index contributed by atoms with van der Waals surface area (Å²) in [6.45, 7) is 1.49. The fourth-order valence-electron chi connectivity index (χ4n) is 2.18. The lowest BCUT2D eigenvalue weighted by atomic mass is 10.1. The molecule has 1 fully saturated rings. The van der Waals surface area contributed by atoms with Crippen LogP contribution in [0.4, 0.5) is 5.69 Å². The zero-order chi connectivity index (χ0) is 13.5. The fourth-order valence-corrected chi connectivity index (χ4v) is 2.18. The molecule has 1 saturated heterocycles. The molecule has 1 unspecified atom stereocenters. The molecule has 0 aromatic carbocycles. The van der Waals surface area contributed by atoms with Gasteiger partial charge in [0.2, 0.25) is 0 Å². The number of ether oxygens (including phenoxy) is 1. The highest BCUT2D eigenvalue weighted by molar-refractivity contribution is 5.93. The van der Waals surface area contributed by atoms with Crippen molar-refractivity contribution >= 4 is 11.6 Å². The molecule has 0 saturated carbocycles. The number of hydrogen-bond donors (Lipinski definition) is 2. The molecule has 1 atom stereocenters. The number of nitrogens with zero attached hydrogens (tertiary/aromatic N) is 1. The Balaban J connectivity index is 1.77. The Kier molecular flexibility index (Phi) is 5.15. The van der Waals surface area contributed by atoms with Gasteiger partial charge in [-0.2, -0.15) is 0 Å². The highest BCUT2D eigenvalue weighted by Gasteiger charge is 2.14. The summed E-state index contributed by atoms with van der Waals surface area (Å²) in [6, 6.07) is 3.57. The third-order valence-corrected chi connectivity index (χ3v) is 3.31. The highest BCUT2D eigenvalue weighted by atomic mass is 16.5. The zero-order valence-electron chi connectivity index (χ0n) is 11.3. The Hall–Kier alpha value is -1.62. The summed E-state index contributed by atoms with van der Waals surface area (Å²) in [6.07, 6.45) is 6.28. The molecule has 0 aliphatic carbocycles. The van der Waals surface area contributed by atoms with E-state index in [2.05, 4.69) is 15.6 Å². The van der Waals surface area contributed by atoms with E-state index in [0.717, 1.165) is 31.6 Å². The Morgan fingerprint density at radius 3 is 3.16 bits per heavy atom. The molecule has 5 nitrogen and oxygen atoms in total. The molecule has 5 heteroatoms. The summed E-state index contributed by atoms with van der Waals surface area (Å²) in [5, 5.41) is 5.88. The second-order valence-electron chi connectivity index (χ2n) is 4.71. The van der Waals surface area contributed by atoms with Crippen molar-refractivity contribution in [1.82, 2.24) is 10.3 Å². The maximum atomic E-state index is 11.9. The topological polar surface area (TPSA) is 63.2 Å². The summed E-state index contributed by atoms with van der Waals surface area (Å²) in [5.74, 6) is -0.132. The first kappa shape index (κ1) is 13.8. The Labute approximate surface area is 113 Å². The first-order valence-electron chi connectivity index (χ1n) is 6.83. The van der Waals surface area contributed by atoms with Crippen LogP contribution in [0.5, 0.6) is 0 Å². The van der Waals surface area contributed by atoms with Gasteiger partial charge in [-0.05, 0) is 37.8 Å². The molecule has 1 aromatic rings. The Morgan fingerprint density at radius 1 is 1.53 bits per heavy atom. The molecule has 1 amide bonds. The number of nitrogens with one attached hydrogen (secondary N) is 2. The average Bonchev–Trinajstić information content (AvgIpc) is 2.48. The SMILES string of the molecule is CNc1ccnc(C(=O)NCCC2CCCCO2)c1. The van der Waals surface area contributed by atoms with Crippen LogP contribution in [0.15, 0.2) is 18.3 Å². The molecular formula is C14H21N3O2. The van der Waals surface area contributed by atoms with Crippen LogP contribution in [0.25, 0.3) is 0 Å². The molecule has 19 heavy (non-hydrogen) atoms. The maximum Gasteiger partial charge on any atom is 0.269 e. The summed E-state index contributed by atoms with van der Waals surface area (Å²) >= 11 is 0. The zero-order valence-corrected chi connectivity index (χ0v) is 11.3. The molecular weight excluding hydrogens is 242 g/mol. The van der Waals surface area contributed by atoms with Gasteiger partial charge >= 0.3 is 0 Å². The van der Waals surface area contributed by atoms with Crippen molar-refractivity contribution in [1.29, 1.82) is 0 Å². The number of pyridine rings is 1. The standard InChI is InChI=1S/C14H21N3O2/c1-15-11-5-7-16-13(10-11)14(18)17-8-6-12-4-2-3-9-19-12/h5,7,10,12H,2-4,6,8-9H2,1H3,(H,15,16)(H,17,18). The van der Waals surface area contributed by atoms with Crippen molar-refractivity contribution in [3.63, 3.8) is 0 Å². The number of hydrogen-bond acceptors (Lipinski definition) is 4. The molecule has 1 aliphatic heterocycles. The number of aromatic nitrogens is 1. The summed E-state index contributed by atoms with van der Waals surface area (Å²) in [5.41, 5.74) is 1.33. The second-order valence-corrected chi connectivity index (χ2v) is 4.71. The number of carbonyl (C=O) groups excluding carboxylic acids is 1. The van der Waals surface area contributed by atoms with Crippen LogP contribution in [-0.4, -0.2) is 37.2 Å². The molecule has 1 aliphatic rings. The Morgan fingerprint density at radius 2 is 2.42 bits per heavy atom. The van der Waals surface area contributed by atoms with E-state index in [1.165, 1.54) is 6.42 Å². The van der Waals surface area contributed by atoms with Crippen molar-refractivity contribution < 1.29 is 9.53 Å². The van der Waals surface area contributed by atoms with E-state index >= 15 is 0 Å². The van der Waals surface area contributed by atoms with Crippen molar-refractivity contribution in [3.05, 3.63) is 24.0 Å². The Bertz CT molecular complexity index is 417. The first-order valence-corrected chi connectivity index (χ1v) is 6.83. The van der Waals surface area contributed by atoms with Crippen LogP contribution in [0.2, 0.25) is 0 Å². The third-order valence-electron chi connectivity index (χ3n) is 3.31. The van der Waals surface area contributed by atoms with Gasteiger partial charge in [0.05, 0.1) is 6.10 Å². The summed E-state index contributed by atoms with van der Waals surface area (Å²) < 4.78 is 5.63. The number of carbonyl (C=O) groups is 1. The van der Waals surface area contributed by atoms with Gasteiger partial charge in [-0.15, -0.1) is 0 Å². The van der Waals surface area contributed by atoms with E-state index in [0.29, 0.717) is 18.3 Å². The minimum absolute atomic E-state index is 0.132. The predicted octanol–water partition coefficient (Wildman–Crippen LogP) is 1.81. The van der Waals surface area contributed by atoms with E-state index in [4.69, 9.17) is 4.74 Å². The quantitative estimate of drug-likeness (QED) is 0.850. The van der Waals surface area contributed by atoms with Crippen molar-refractivity contribution in [2.24, 2.45) is 0 Å². The van der Waals surface area contributed by atoms with Gasteiger partial charge < -0.3 is 15.4 Å². The van der Waals surface area contributed by atoms with E-state index in [1.54, 1.807) is 12.3 Å². The van der Waals surface area contributed by atoms with E-state index in [1.807, 2.05) is 13.1 Å². The average molecular weight is 263 g/mol. The fraction of sp³-hybridized carbons (Fsp3) is 0.571. The van der Waals surface area contributed by atoms with E-state index in [-0.39, 0.29) is 5.91 Å². The van der Waals surface area contributed by atoms with Crippen LogP contribution in [0.3, 0.4) is 0 Å². The lowest BCUT2D eigenvalue weighted by molar-refractivity contribution is 0.0117. The largest absolute Gasteiger partial charge is 0.388 e. The van der Waals surface area contributed by atoms with Gasteiger partial charge in [-0.1, -0.05) is 0 Å². The van der Waals surface area contributed by atoms with E-state index in [9.17, 15) is 4.79 Å². The van der Waals surface area contributed by atoms with Crippen LogP contribution < -0.4 is 10.6 Å². The number of rotatable bonds is 5. The monoisotopic (exact) mass is 263 g/mol. The molecule has 2 heterocycles. The predicted molar refractivity (Wildman–Crippen MR) is 74.3 cm³/mol. The van der Waals surface area contributed by atoms with Gasteiger partial charge in [-0.25, -0.2) is 0 Å². The molecule has 0 spiro atoms. The van der Waals surface area contributed by atoms with Crippen molar-refractivity contribution in [3.8, 4) is 0 Å². The second kappa shape index (κ2) is 7.09. The van der Waals surface area contributed by atoms with Crippen LogP contribution in [0, 0.1) is 0 Å². The molecule has 2 rings (SSSR count). The van der Waals surface area contributed by atoms with Crippen molar-refractivity contribution in [2.45, 2.75) is 31.8 Å².